The summed E-state index contributed by atoms with van der Waals surface area (Å²) in [7, 11) is -0.902. The fraction of sp³-hybridized carbons (Fsp3) is 0.833. The number of alkyl carbamates (subject to hydrolysis) is 1. The number of hydrogen-bond acceptors (Lipinski definition) is 4. The van der Waals surface area contributed by atoms with E-state index in [1.807, 2.05) is 48.5 Å². The second-order valence-electron chi connectivity index (χ2n) is 9.03. The molecule has 1 saturated carbocycles. The number of carbonyl (C=O) groups excluding carboxylic acids is 1. The number of rotatable bonds is 4. The highest BCUT2D eigenvalue weighted by atomic mass is 19.1. The molecule has 0 atom stereocenters. The molecule has 0 spiro atoms. The van der Waals surface area contributed by atoms with Gasteiger partial charge in [0.15, 0.2) is 0 Å². The van der Waals surface area contributed by atoms with Crippen LogP contribution in [0.4, 0.5) is 9.18 Å². The third-order valence-corrected chi connectivity index (χ3v) is 5.09. The fourth-order valence-electron chi connectivity index (χ4n) is 2.84. The molecule has 1 heterocycles. The third-order valence-electron chi connectivity index (χ3n) is 5.09. The molecule has 1 N–H and O–H groups in total. The predicted octanol–water partition coefficient (Wildman–Crippen LogP) is 4.17. The summed E-state index contributed by atoms with van der Waals surface area (Å²) in [5.41, 5.74) is -1.08. The lowest BCUT2D eigenvalue weighted by atomic mass is 9.71. The first kappa shape index (κ1) is 20.2. The molecular weight excluding hydrogens is 324 g/mol. The number of hydrogen-bond donors (Lipinski definition) is 1. The molecular formula is C18H31BFNO4. The zero-order chi connectivity index (χ0) is 19.0. The van der Waals surface area contributed by atoms with Gasteiger partial charge in [0.2, 0.25) is 0 Å². The Bertz CT molecular complexity index is 530. The summed E-state index contributed by atoms with van der Waals surface area (Å²) in [6.45, 7) is 13.7. The van der Waals surface area contributed by atoms with E-state index >= 15 is 0 Å². The van der Waals surface area contributed by atoms with Gasteiger partial charge in [0.1, 0.15) is 11.3 Å². The Labute approximate surface area is 150 Å². The average molecular weight is 355 g/mol. The molecule has 1 amide bonds. The minimum absolute atomic E-state index is 0.282. The van der Waals surface area contributed by atoms with Crippen LogP contribution < -0.4 is 5.32 Å². The first-order chi connectivity index (χ1) is 11.3. The Kier molecular flexibility index (Phi) is 5.60. The number of nitrogens with one attached hydrogen (secondary N) is 1. The van der Waals surface area contributed by atoms with Gasteiger partial charge in [0, 0.05) is 6.54 Å². The fourth-order valence-corrected chi connectivity index (χ4v) is 2.84. The highest BCUT2D eigenvalue weighted by Gasteiger charge is 2.54. The van der Waals surface area contributed by atoms with E-state index in [9.17, 15) is 9.18 Å². The van der Waals surface area contributed by atoms with Gasteiger partial charge in [-0.2, -0.15) is 0 Å². The van der Waals surface area contributed by atoms with Crippen molar-refractivity contribution in [1.29, 1.82) is 0 Å². The number of allylic oxidation sites excluding steroid dienone is 1. The quantitative estimate of drug-likeness (QED) is 0.769. The van der Waals surface area contributed by atoms with Crippen LogP contribution in [-0.2, 0) is 14.0 Å². The van der Waals surface area contributed by atoms with Crippen LogP contribution >= 0.6 is 0 Å². The zero-order valence-corrected chi connectivity index (χ0v) is 16.5. The second kappa shape index (κ2) is 6.91. The molecule has 1 saturated heterocycles. The molecule has 2 aliphatic rings. The molecule has 1 aliphatic heterocycles. The van der Waals surface area contributed by atoms with Crippen LogP contribution in [0.5, 0.6) is 0 Å². The van der Waals surface area contributed by atoms with Crippen LogP contribution in [0.15, 0.2) is 11.3 Å². The lowest BCUT2D eigenvalue weighted by molar-refractivity contribution is 0.00578. The normalized spacial score (nSPS) is 24.7. The van der Waals surface area contributed by atoms with Crippen LogP contribution in [0.25, 0.3) is 0 Å². The van der Waals surface area contributed by atoms with E-state index < -0.39 is 30.0 Å². The van der Waals surface area contributed by atoms with Gasteiger partial charge in [-0.05, 0) is 79.2 Å². The Hall–Kier alpha value is -1.08. The maximum absolute atomic E-state index is 14.6. The molecule has 7 heteroatoms. The summed E-state index contributed by atoms with van der Waals surface area (Å²) < 4.78 is 31.3. The van der Waals surface area contributed by atoms with Crippen molar-refractivity contribution >= 4 is 13.2 Å². The first-order valence-electron chi connectivity index (χ1n) is 9.01. The third kappa shape index (κ3) is 4.97. The molecule has 25 heavy (non-hydrogen) atoms. The van der Waals surface area contributed by atoms with Crippen molar-refractivity contribution in [2.45, 2.75) is 84.5 Å². The number of amides is 1. The maximum atomic E-state index is 14.6. The van der Waals surface area contributed by atoms with Crippen molar-refractivity contribution in [3.8, 4) is 0 Å². The SMILES string of the molecule is CC(C)(C)OC(=O)NCCC1CC(=C(F)B2OC(C)(C)C(C)(C)O2)C1. The van der Waals surface area contributed by atoms with Crippen molar-refractivity contribution in [3.63, 3.8) is 0 Å². The van der Waals surface area contributed by atoms with Gasteiger partial charge in [-0.3, -0.25) is 0 Å². The highest BCUT2D eigenvalue weighted by Crippen LogP contribution is 2.43. The summed E-state index contributed by atoms with van der Waals surface area (Å²) in [6.07, 6.45) is 1.77. The summed E-state index contributed by atoms with van der Waals surface area (Å²) in [5, 5.41) is 2.74. The Morgan fingerprint density at radius 2 is 1.76 bits per heavy atom. The maximum Gasteiger partial charge on any atom is 0.525 e. The molecule has 1 aliphatic carbocycles. The first-order valence-corrected chi connectivity index (χ1v) is 9.01. The van der Waals surface area contributed by atoms with E-state index in [0.29, 0.717) is 25.3 Å². The average Bonchev–Trinajstić information content (AvgIpc) is 2.58. The zero-order valence-electron chi connectivity index (χ0n) is 16.5. The van der Waals surface area contributed by atoms with Gasteiger partial charge < -0.3 is 19.4 Å². The standard InChI is InChI=1S/C18H31BFNO4/c1-16(2,3)23-15(22)21-9-8-12-10-13(11-12)14(20)19-24-17(4,5)18(6,7)25-19/h12H,8-11H2,1-7H3,(H,21,22). The van der Waals surface area contributed by atoms with Crippen LogP contribution in [0, 0.1) is 5.92 Å². The lowest BCUT2D eigenvalue weighted by Crippen LogP contribution is -2.41. The van der Waals surface area contributed by atoms with Gasteiger partial charge in [-0.25, -0.2) is 9.18 Å². The molecule has 142 valence electrons. The van der Waals surface area contributed by atoms with Crippen molar-refractivity contribution < 1.29 is 23.2 Å². The van der Waals surface area contributed by atoms with Gasteiger partial charge in [0.25, 0.3) is 0 Å². The van der Waals surface area contributed by atoms with Crippen LogP contribution in [0.1, 0.15) is 67.7 Å². The van der Waals surface area contributed by atoms with E-state index in [4.69, 9.17) is 14.0 Å². The van der Waals surface area contributed by atoms with Crippen LogP contribution in [-0.4, -0.2) is 36.6 Å². The van der Waals surface area contributed by atoms with Crippen molar-refractivity contribution in [2.24, 2.45) is 5.92 Å². The Balaban J connectivity index is 1.75. The molecule has 0 aromatic carbocycles. The molecule has 5 nitrogen and oxygen atoms in total. The van der Waals surface area contributed by atoms with E-state index in [2.05, 4.69) is 5.32 Å². The van der Waals surface area contributed by atoms with Gasteiger partial charge >= 0.3 is 13.2 Å². The minimum atomic E-state index is -0.902. The van der Waals surface area contributed by atoms with Gasteiger partial charge in [0.05, 0.1) is 11.2 Å². The van der Waals surface area contributed by atoms with Crippen molar-refractivity contribution in [2.75, 3.05) is 6.54 Å². The van der Waals surface area contributed by atoms with E-state index in [-0.39, 0.29) is 5.73 Å². The summed E-state index contributed by atoms with van der Waals surface area (Å²) in [5.74, 6) is 0.373. The van der Waals surface area contributed by atoms with Gasteiger partial charge in [-0.15, -0.1) is 0 Å². The van der Waals surface area contributed by atoms with Crippen molar-refractivity contribution in [1.82, 2.24) is 5.32 Å². The molecule has 2 fully saturated rings. The molecule has 0 bridgehead atoms. The highest BCUT2D eigenvalue weighted by molar-refractivity contribution is 6.53. The smallest absolute Gasteiger partial charge is 0.444 e. The number of halogens is 1. The second-order valence-corrected chi connectivity index (χ2v) is 9.03. The molecule has 0 aromatic heterocycles. The number of ether oxygens (including phenoxy) is 1. The van der Waals surface area contributed by atoms with Crippen LogP contribution in [0.2, 0.25) is 0 Å². The molecule has 0 radical (unpaired) electrons. The van der Waals surface area contributed by atoms with E-state index in [1.54, 1.807) is 0 Å². The predicted molar refractivity (Wildman–Crippen MR) is 95.8 cm³/mol. The molecule has 0 aromatic rings. The minimum Gasteiger partial charge on any atom is -0.444 e. The molecule has 0 unspecified atom stereocenters. The summed E-state index contributed by atoms with van der Waals surface area (Å²) >= 11 is 0. The Morgan fingerprint density at radius 3 is 2.24 bits per heavy atom. The van der Waals surface area contributed by atoms with Crippen molar-refractivity contribution in [3.05, 3.63) is 11.3 Å². The summed E-state index contributed by atoms with van der Waals surface area (Å²) in [6, 6.07) is 0. The largest absolute Gasteiger partial charge is 0.525 e. The van der Waals surface area contributed by atoms with E-state index in [1.165, 1.54) is 0 Å². The van der Waals surface area contributed by atoms with Crippen LogP contribution in [0.3, 0.4) is 0 Å². The number of carbonyl (C=O) groups is 1. The molecule has 2 rings (SSSR count). The van der Waals surface area contributed by atoms with E-state index in [0.717, 1.165) is 12.0 Å². The Morgan fingerprint density at radius 1 is 1.24 bits per heavy atom. The topological polar surface area (TPSA) is 56.8 Å². The summed E-state index contributed by atoms with van der Waals surface area (Å²) in [4.78, 5) is 11.6. The monoisotopic (exact) mass is 355 g/mol. The van der Waals surface area contributed by atoms with Gasteiger partial charge in [-0.1, -0.05) is 0 Å². The lowest BCUT2D eigenvalue weighted by Gasteiger charge is -2.32.